The summed E-state index contributed by atoms with van der Waals surface area (Å²) in [4.78, 5) is 30.9. The second kappa shape index (κ2) is 7.39. The van der Waals surface area contributed by atoms with E-state index >= 15 is 0 Å². The van der Waals surface area contributed by atoms with E-state index < -0.39 is 5.97 Å². The van der Waals surface area contributed by atoms with Gasteiger partial charge in [0.2, 0.25) is 0 Å². The first-order valence-electron chi connectivity index (χ1n) is 9.36. The monoisotopic (exact) mass is 398 g/mol. The predicted molar refractivity (Wildman–Crippen MR) is 109 cm³/mol. The van der Waals surface area contributed by atoms with Gasteiger partial charge in [0.1, 0.15) is 34.5 Å². The molecule has 6 nitrogen and oxygen atoms in total. The molecule has 146 valence electrons. The minimum atomic E-state index is -0.435. The van der Waals surface area contributed by atoms with Crippen molar-refractivity contribution >= 4 is 27.5 Å². The molecule has 0 saturated carbocycles. The van der Waals surface area contributed by atoms with Crippen LogP contribution in [0.25, 0.3) is 10.2 Å². The third-order valence-electron chi connectivity index (χ3n) is 5.07. The summed E-state index contributed by atoms with van der Waals surface area (Å²) < 4.78 is 12.9. The molecule has 0 aliphatic carbocycles. The van der Waals surface area contributed by atoms with E-state index in [0.29, 0.717) is 27.2 Å². The van der Waals surface area contributed by atoms with E-state index in [4.69, 9.17) is 9.47 Å². The molecule has 0 radical (unpaired) electrons. The molecule has 0 spiro atoms. The Balaban J connectivity index is 1.47. The first-order chi connectivity index (χ1) is 13.5. The Labute approximate surface area is 166 Å². The summed E-state index contributed by atoms with van der Waals surface area (Å²) in [5.41, 5.74) is 2.70. The maximum atomic E-state index is 12.7. The molecule has 1 aliphatic heterocycles. The van der Waals surface area contributed by atoms with Crippen LogP contribution in [0.2, 0.25) is 0 Å². The van der Waals surface area contributed by atoms with Gasteiger partial charge in [-0.25, -0.2) is 9.78 Å². The van der Waals surface area contributed by atoms with E-state index in [1.165, 1.54) is 11.3 Å². The van der Waals surface area contributed by atoms with E-state index in [1.54, 1.807) is 11.5 Å². The lowest BCUT2D eigenvalue weighted by molar-refractivity contribution is 0.0455. The number of carbonyl (C=O) groups excluding carboxylic acids is 1. The maximum absolute atomic E-state index is 12.7. The van der Waals surface area contributed by atoms with Crippen LogP contribution in [0.1, 0.15) is 38.6 Å². The number of esters is 1. The van der Waals surface area contributed by atoms with Crippen LogP contribution < -0.4 is 10.3 Å². The van der Waals surface area contributed by atoms with Crippen LogP contribution in [0.4, 0.5) is 0 Å². The third kappa shape index (κ3) is 3.20. The number of aromatic nitrogens is 2. The zero-order valence-electron chi connectivity index (χ0n) is 16.2. The van der Waals surface area contributed by atoms with Crippen molar-refractivity contribution in [3.8, 4) is 5.75 Å². The van der Waals surface area contributed by atoms with Crippen molar-refractivity contribution in [1.82, 2.24) is 9.55 Å². The van der Waals surface area contributed by atoms with Gasteiger partial charge in [0.25, 0.3) is 5.56 Å². The molecular formula is C21H22N2O4S. The number of thiophene rings is 1. The second-order valence-electron chi connectivity index (χ2n) is 7.03. The number of para-hydroxylation sites is 1. The molecule has 1 aromatic carbocycles. The van der Waals surface area contributed by atoms with Crippen LogP contribution in [0.3, 0.4) is 0 Å². The molecule has 7 heteroatoms. The molecule has 0 amide bonds. The smallest absolute Gasteiger partial charge is 0.348 e. The van der Waals surface area contributed by atoms with Gasteiger partial charge in [-0.3, -0.25) is 9.36 Å². The molecule has 0 unspecified atom stereocenters. The van der Waals surface area contributed by atoms with Crippen molar-refractivity contribution in [3.05, 3.63) is 55.9 Å². The summed E-state index contributed by atoms with van der Waals surface area (Å²) in [6.45, 7) is 6.87. The molecule has 3 aromatic rings. The Morgan fingerprint density at radius 2 is 1.96 bits per heavy atom. The average Bonchev–Trinajstić information content (AvgIpc) is 3.26. The van der Waals surface area contributed by atoms with Crippen molar-refractivity contribution in [2.24, 2.45) is 0 Å². The van der Waals surface area contributed by atoms with Crippen LogP contribution in [-0.4, -0.2) is 28.7 Å². The molecule has 0 fully saturated rings. The topological polar surface area (TPSA) is 70.4 Å². The third-order valence-corrected chi connectivity index (χ3v) is 6.23. The Hall–Kier alpha value is -2.67. The fraction of sp³-hybridized carbons (Fsp3) is 0.381. The number of fused-ring (bicyclic) bond motifs is 2. The Bertz CT molecular complexity index is 1110. The van der Waals surface area contributed by atoms with Gasteiger partial charge in [0, 0.05) is 13.0 Å². The number of ether oxygens (including phenoxy) is 2. The summed E-state index contributed by atoms with van der Waals surface area (Å²) in [5.74, 6) is 1.19. The Morgan fingerprint density at radius 1 is 1.21 bits per heavy atom. The van der Waals surface area contributed by atoms with Crippen molar-refractivity contribution in [1.29, 1.82) is 0 Å². The quantitative estimate of drug-likeness (QED) is 0.485. The highest BCUT2D eigenvalue weighted by Crippen LogP contribution is 2.29. The molecule has 28 heavy (non-hydrogen) atoms. The average molecular weight is 398 g/mol. The number of aryl methyl sites for hydroxylation is 4. The van der Waals surface area contributed by atoms with Crippen LogP contribution in [-0.2, 0) is 17.7 Å². The lowest BCUT2D eigenvalue weighted by Gasteiger charge is -2.12. The minimum Gasteiger partial charge on any atom is -0.489 e. The summed E-state index contributed by atoms with van der Waals surface area (Å²) in [5, 5.41) is 0.536. The second-order valence-corrected chi connectivity index (χ2v) is 8.03. The van der Waals surface area contributed by atoms with Crippen LogP contribution in [0.15, 0.2) is 23.0 Å². The molecule has 1 aliphatic rings. The van der Waals surface area contributed by atoms with Gasteiger partial charge in [0.15, 0.2) is 0 Å². The van der Waals surface area contributed by atoms with E-state index in [0.717, 1.165) is 35.5 Å². The van der Waals surface area contributed by atoms with Crippen LogP contribution in [0, 0.1) is 20.8 Å². The highest BCUT2D eigenvalue weighted by atomic mass is 32.1. The molecule has 0 N–H and O–H groups in total. The maximum Gasteiger partial charge on any atom is 0.348 e. The van der Waals surface area contributed by atoms with Crippen molar-refractivity contribution in [3.63, 3.8) is 0 Å². The van der Waals surface area contributed by atoms with E-state index in [-0.39, 0.29) is 18.8 Å². The summed E-state index contributed by atoms with van der Waals surface area (Å²) in [6.07, 6.45) is 1.74. The first-order valence-corrected chi connectivity index (χ1v) is 10.2. The highest BCUT2D eigenvalue weighted by Gasteiger charge is 2.24. The SMILES string of the molecule is Cc1cccc(C)c1OCCOC(=O)c1sc2nc3n(c(=O)c2c1C)CCC3. The van der Waals surface area contributed by atoms with Crippen molar-refractivity contribution in [2.45, 2.75) is 40.2 Å². The zero-order chi connectivity index (χ0) is 19.8. The number of benzene rings is 1. The van der Waals surface area contributed by atoms with Gasteiger partial charge in [0.05, 0.1) is 5.39 Å². The molecule has 4 rings (SSSR count). The standard InChI is InChI=1S/C21H22N2O4S/c1-12-6-4-7-13(2)17(12)26-10-11-27-21(25)18-14(3)16-19(28-18)22-15-8-5-9-23(15)20(16)24/h4,6-7H,5,8-11H2,1-3H3. The fourth-order valence-corrected chi connectivity index (χ4v) is 4.72. The van der Waals surface area contributed by atoms with Crippen LogP contribution in [0.5, 0.6) is 5.75 Å². The number of hydrogen-bond donors (Lipinski definition) is 0. The summed E-state index contributed by atoms with van der Waals surface area (Å²) in [6, 6.07) is 5.95. The number of nitrogens with zero attached hydrogens (tertiary/aromatic N) is 2. The van der Waals surface area contributed by atoms with Gasteiger partial charge in [-0.1, -0.05) is 18.2 Å². The molecule has 0 bridgehead atoms. The van der Waals surface area contributed by atoms with E-state index in [1.807, 2.05) is 32.0 Å². The summed E-state index contributed by atoms with van der Waals surface area (Å²) in [7, 11) is 0. The lowest BCUT2D eigenvalue weighted by atomic mass is 10.1. The molecule has 3 heterocycles. The Kier molecular flexibility index (Phi) is 4.93. The van der Waals surface area contributed by atoms with Crippen LogP contribution >= 0.6 is 11.3 Å². The Morgan fingerprint density at radius 3 is 2.71 bits per heavy atom. The van der Waals surface area contributed by atoms with Gasteiger partial charge in [-0.15, -0.1) is 11.3 Å². The largest absolute Gasteiger partial charge is 0.489 e. The number of rotatable bonds is 5. The molecule has 2 aromatic heterocycles. The summed E-state index contributed by atoms with van der Waals surface area (Å²) >= 11 is 1.23. The normalized spacial score (nSPS) is 13.0. The van der Waals surface area contributed by atoms with E-state index in [9.17, 15) is 9.59 Å². The number of carbonyl (C=O) groups is 1. The predicted octanol–water partition coefficient (Wildman–Crippen LogP) is 3.57. The minimum absolute atomic E-state index is 0.0522. The lowest BCUT2D eigenvalue weighted by Crippen LogP contribution is -2.20. The van der Waals surface area contributed by atoms with Crippen molar-refractivity contribution < 1.29 is 14.3 Å². The van der Waals surface area contributed by atoms with Gasteiger partial charge in [-0.05, 0) is 43.9 Å². The van der Waals surface area contributed by atoms with Gasteiger partial charge < -0.3 is 9.47 Å². The highest BCUT2D eigenvalue weighted by molar-refractivity contribution is 7.20. The van der Waals surface area contributed by atoms with Crippen molar-refractivity contribution in [2.75, 3.05) is 13.2 Å². The molecular weight excluding hydrogens is 376 g/mol. The van der Waals surface area contributed by atoms with Gasteiger partial charge in [-0.2, -0.15) is 0 Å². The molecule has 0 saturated heterocycles. The fourth-order valence-electron chi connectivity index (χ4n) is 3.64. The molecule has 0 atom stereocenters. The number of hydrogen-bond acceptors (Lipinski definition) is 6. The van der Waals surface area contributed by atoms with E-state index in [2.05, 4.69) is 4.98 Å². The zero-order valence-corrected chi connectivity index (χ0v) is 17.0. The van der Waals surface area contributed by atoms with Gasteiger partial charge >= 0.3 is 5.97 Å². The first kappa shape index (κ1) is 18.7.